The van der Waals surface area contributed by atoms with Gasteiger partial charge < -0.3 is 16.4 Å². The third-order valence-electron chi connectivity index (χ3n) is 4.02. The second-order valence-electron chi connectivity index (χ2n) is 6.34. The molecule has 0 saturated heterocycles. The molecule has 0 bridgehead atoms. The molecule has 6 nitrogen and oxygen atoms in total. The van der Waals surface area contributed by atoms with Crippen LogP contribution in [-0.4, -0.2) is 22.3 Å². The summed E-state index contributed by atoms with van der Waals surface area (Å²) < 4.78 is 0. The Morgan fingerprint density at radius 3 is 2.39 bits per heavy atom. The Bertz CT molecular complexity index is 955. The summed E-state index contributed by atoms with van der Waals surface area (Å²) in [5, 5.41) is 6.24. The van der Waals surface area contributed by atoms with Crippen molar-refractivity contribution in [3.8, 4) is 0 Å². The van der Waals surface area contributed by atoms with Gasteiger partial charge in [-0.2, -0.15) is 4.98 Å². The van der Waals surface area contributed by atoms with Crippen molar-refractivity contribution in [2.75, 3.05) is 17.2 Å². The van der Waals surface area contributed by atoms with Crippen molar-refractivity contribution in [3.63, 3.8) is 0 Å². The first-order chi connectivity index (χ1) is 13.6. The molecule has 28 heavy (non-hydrogen) atoms. The predicted octanol–water partition coefficient (Wildman–Crippen LogP) is 3.38. The summed E-state index contributed by atoms with van der Waals surface area (Å²) in [4.78, 5) is 20.9. The Hall–Kier alpha value is -3.67. The Morgan fingerprint density at radius 2 is 1.68 bits per heavy atom. The molecule has 1 heterocycles. The number of hydrogen-bond donors (Lipinski definition) is 3. The second-order valence-corrected chi connectivity index (χ2v) is 6.34. The van der Waals surface area contributed by atoms with E-state index in [4.69, 9.17) is 5.73 Å². The van der Waals surface area contributed by atoms with Crippen LogP contribution in [0.5, 0.6) is 0 Å². The number of carbonyl (C=O) groups excluding carboxylic acids is 1. The number of nitrogens with zero attached hydrogens (tertiary/aromatic N) is 2. The molecule has 1 aromatic heterocycles. The average Bonchev–Trinajstić information content (AvgIpc) is 2.72. The summed E-state index contributed by atoms with van der Waals surface area (Å²) in [6, 6.07) is 21.3. The van der Waals surface area contributed by atoms with E-state index < -0.39 is 0 Å². The normalized spacial score (nSPS) is 11.1. The maximum absolute atomic E-state index is 12.2. The molecule has 0 radical (unpaired) electrons. The summed E-state index contributed by atoms with van der Waals surface area (Å²) in [7, 11) is 0. The third kappa shape index (κ3) is 5.67. The van der Waals surface area contributed by atoms with E-state index in [9.17, 15) is 4.79 Å². The van der Waals surface area contributed by atoms with Gasteiger partial charge in [-0.1, -0.05) is 60.7 Å². The van der Waals surface area contributed by atoms with Crippen molar-refractivity contribution in [2.45, 2.75) is 13.5 Å². The predicted molar refractivity (Wildman–Crippen MR) is 113 cm³/mol. The topological polar surface area (TPSA) is 92.9 Å². The van der Waals surface area contributed by atoms with Crippen LogP contribution in [-0.2, 0) is 11.3 Å². The maximum atomic E-state index is 12.2. The lowest BCUT2D eigenvalue weighted by Crippen LogP contribution is -2.16. The van der Waals surface area contributed by atoms with E-state index >= 15 is 0 Å². The molecular formula is C22H23N5O. The van der Waals surface area contributed by atoms with Crippen LogP contribution >= 0.6 is 0 Å². The van der Waals surface area contributed by atoms with Crippen LogP contribution in [0.25, 0.3) is 5.70 Å². The minimum absolute atomic E-state index is 0.0646. The molecule has 0 fully saturated rings. The quantitative estimate of drug-likeness (QED) is 0.524. The van der Waals surface area contributed by atoms with Gasteiger partial charge in [-0.15, -0.1) is 0 Å². The van der Waals surface area contributed by atoms with Crippen LogP contribution in [0.4, 0.5) is 11.8 Å². The van der Waals surface area contributed by atoms with Gasteiger partial charge in [-0.05, 0) is 18.1 Å². The SMILES string of the molecule is Cc1cc(NCc2ccccc2)nc(NCC(=O)C=C(N)c2ccccc2)n1. The van der Waals surface area contributed by atoms with Gasteiger partial charge in [0.25, 0.3) is 0 Å². The van der Waals surface area contributed by atoms with Crippen LogP contribution < -0.4 is 16.4 Å². The Labute approximate surface area is 164 Å². The zero-order chi connectivity index (χ0) is 19.8. The Balaban J connectivity index is 1.59. The lowest BCUT2D eigenvalue weighted by Gasteiger charge is -2.09. The van der Waals surface area contributed by atoms with Gasteiger partial charge in [-0.3, -0.25) is 4.79 Å². The van der Waals surface area contributed by atoms with E-state index in [1.165, 1.54) is 6.08 Å². The summed E-state index contributed by atoms with van der Waals surface area (Å²) in [6.07, 6.45) is 1.42. The molecule has 0 atom stereocenters. The van der Waals surface area contributed by atoms with Crippen LogP contribution in [0.1, 0.15) is 16.8 Å². The fourth-order valence-electron chi connectivity index (χ4n) is 2.63. The number of nitrogens with two attached hydrogens (primary N) is 1. The molecule has 0 spiro atoms. The number of anilines is 2. The molecule has 0 amide bonds. The van der Waals surface area contributed by atoms with Crippen LogP contribution in [0.15, 0.2) is 72.8 Å². The van der Waals surface area contributed by atoms with E-state index in [1.807, 2.05) is 73.7 Å². The minimum Gasteiger partial charge on any atom is -0.398 e. The molecule has 0 unspecified atom stereocenters. The number of ketones is 1. The molecule has 6 heteroatoms. The summed E-state index contributed by atoms with van der Waals surface area (Å²) in [6.45, 7) is 2.61. The molecule has 0 aliphatic carbocycles. The molecule has 0 aliphatic rings. The van der Waals surface area contributed by atoms with Gasteiger partial charge in [0, 0.05) is 30.1 Å². The van der Waals surface area contributed by atoms with Crippen LogP contribution in [0, 0.1) is 6.92 Å². The van der Waals surface area contributed by atoms with Crippen molar-refractivity contribution in [1.82, 2.24) is 9.97 Å². The van der Waals surface area contributed by atoms with Gasteiger partial charge in [0.15, 0.2) is 5.78 Å². The van der Waals surface area contributed by atoms with Crippen LogP contribution in [0.2, 0.25) is 0 Å². The molecule has 0 saturated carbocycles. The number of benzene rings is 2. The highest BCUT2D eigenvalue weighted by Crippen LogP contribution is 2.12. The van der Waals surface area contributed by atoms with Gasteiger partial charge >= 0.3 is 0 Å². The molecule has 142 valence electrons. The summed E-state index contributed by atoms with van der Waals surface area (Å²) in [5.74, 6) is 0.950. The van der Waals surface area contributed by atoms with E-state index in [1.54, 1.807) is 0 Å². The third-order valence-corrected chi connectivity index (χ3v) is 4.02. The number of rotatable bonds is 8. The van der Waals surface area contributed by atoms with Gasteiger partial charge in [0.2, 0.25) is 5.95 Å². The van der Waals surface area contributed by atoms with Crippen molar-refractivity contribution >= 4 is 23.2 Å². The van der Waals surface area contributed by atoms with Crippen molar-refractivity contribution in [2.24, 2.45) is 5.73 Å². The first-order valence-corrected chi connectivity index (χ1v) is 9.03. The van der Waals surface area contributed by atoms with Crippen molar-refractivity contribution < 1.29 is 4.79 Å². The number of hydrogen-bond acceptors (Lipinski definition) is 6. The summed E-state index contributed by atoms with van der Waals surface area (Å²) >= 11 is 0. The molecule has 2 aromatic carbocycles. The maximum Gasteiger partial charge on any atom is 0.225 e. The first-order valence-electron chi connectivity index (χ1n) is 9.03. The number of carbonyl (C=O) groups is 1. The zero-order valence-corrected chi connectivity index (χ0v) is 15.7. The number of aryl methyl sites for hydroxylation is 1. The monoisotopic (exact) mass is 373 g/mol. The van der Waals surface area contributed by atoms with E-state index in [0.717, 1.165) is 16.8 Å². The van der Waals surface area contributed by atoms with Gasteiger partial charge in [0.05, 0.1) is 6.54 Å². The zero-order valence-electron chi connectivity index (χ0n) is 15.7. The lowest BCUT2D eigenvalue weighted by molar-refractivity contribution is -0.113. The smallest absolute Gasteiger partial charge is 0.225 e. The number of aromatic nitrogens is 2. The molecule has 0 aliphatic heterocycles. The van der Waals surface area contributed by atoms with E-state index in [-0.39, 0.29) is 12.3 Å². The molecule has 4 N–H and O–H groups in total. The van der Waals surface area contributed by atoms with E-state index in [0.29, 0.717) is 24.0 Å². The van der Waals surface area contributed by atoms with Crippen LogP contribution in [0.3, 0.4) is 0 Å². The van der Waals surface area contributed by atoms with Crippen molar-refractivity contribution in [3.05, 3.63) is 89.6 Å². The number of nitrogens with one attached hydrogen (secondary N) is 2. The standard InChI is InChI=1S/C22H23N5O/c1-16-12-21(24-14-17-8-4-2-5-9-17)27-22(26-16)25-15-19(28)13-20(23)18-10-6-3-7-11-18/h2-13H,14-15,23H2,1H3,(H2,24,25,26,27). The highest BCUT2D eigenvalue weighted by atomic mass is 16.1. The second kappa shape index (κ2) is 9.32. The Morgan fingerprint density at radius 1 is 1.00 bits per heavy atom. The largest absolute Gasteiger partial charge is 0.398 e. The minimum atomic E-state index is -0.148. The fourth-order valence-corrected chi connectivity index (χ4v) is 2.63. The fraction of sp³-hybridized carbons (Fsp3) is 0.136. The van der Waals surface area contributed by atoms with Crippen molar-refractivity contribution in [1.29, 1.82) is 0 Å². The molecule has 3 aromatic rings. The molecular weight excluding hydrogens is 350 g/mol. The first kappa shape index (κ1) is 19.1. The van der Waals surface area contributed by atoms with E-state index in [2.05, 4.69) is 20.6 Å². The lowest BCUT2D eigenvalue weighted by atomic mass is 10.1. The summed E-state index contributed by atoms with van der Waals surface area (Å²) in [5.41, 5.74) is 9.19. The average molecular weight is 373 g/mol. The highest BCUT2D eigenvalue weighted by Gasteiger charge is 2.06. The van der Waals surface area contributed by atoms with Gasteiger partial charge in [0.1, 0.15) is 5.82 Å². The Kier molecular flexibility index (Phi) is 6.36. The van der Waals surface area contributed by atoms with Gasteiger partial charge in [-0.25, -0.2) is 4.98 Å². The highest BCUT2D eigenvalue weighted by molar-refractivity contribution is 5.98. The molecule has 3 rings (SSSR count).